The second-order valence-corrected chi connectivity index (χ2v) is 6.66. The molecule has 0 fully saturated rings. The summed E-state index contributed by atoms with van der Waals surface area (Å²) in [5.41, 5.74) is 1.46. The number of fused-ring (bicyclic) bond motifs is 1. The summed E-state index contributed by atoms with van der Waals surface area (Å²) in [4.78, 5) is 10.8. The van der Waals surface area contributed by atoms with Gasteiger partial charge in [-0.25, -0.2) is 9.37 Å². The molecule has 26 heavy (non-hydrogen) atoms. The zero-order valence-corrected chi connectivity index (χ0v) is 18.1. The van der Waals surface area contributed by atoms with Crippen molar-refractivity contribution in [3.63, 3.8) is 0 Å². The third-order valence-electron chi connectivity index (χ3n) is 4.42. The Balaban J connectivity index is 0.00000243. The van der Waals surface area contributed by atoms with E-state index >= 15 is 0 Å². The highest BCUT2D eigenvalue weighted by atomic mass is 127. The third-order valence-corrected chi connectivity index (χ3v) is 4.77. The maximum Gasteiger partial charge on any atom is 0.194 e. The second kappa shape index (κ2) is 9.55. The monoisotopic (exact) mass is 491 g/mol. The highest BCUT2D eigenvalue weighted by Crippen LogP contribution is 2.20. The van der Waals surface area contributed by atoms with E-state index in [1.165, 1.54) is 18.9 Å². The van der Waals surface area contributed by atoms with E-state index in [1.807, 2.05) is 11.9 Å². The molecule has 5 nitrogen and oxygen atoms in total. The maximum absolute atomic E-state index is 14.0. The Hall–Kier alpha value is -1.35. The molecule has 3 rings (SSSR count). The number of hydrogen-bond acceptors (Lipinski definition) is 2. The molecule has 1 aliphatic rings. The molecule has 0 saturated carbocycles. The molecule has 0 aliphatic carbocycles. The van der Waals surface area contributed by atoms with Crippen LogP contribution in [-0.4, -0.2) is 34.5 Å². The van der Waals surface area contributed by atoms with Crippen LogP contribution in [0, 0.1) is 5.82 Å². The third kappa shape index (κ3) is 4.88. The molecule has 1 aliphatic heterocycles. The average Bonchev–Trinajstić information content (AvgIpc) is 3.01. The van der Waals surface area contributed by atoms with Gasteiger partial charge in [0.1, 0.15) is 11.6 Å². The van der Waals surface area contributed by atoms with Crippen LogP contribution in [0.5, 0.6) is 0 Å². The molecule has 0 atom stereocenters. The molecular weight excluding hydrogens is 468 g/mol. The Kier molecular flexibility index (Phi) is 7.69. The SMILES string of the molecule is CN=C(NCc1cn2c(n1)CCCC2)N(C)Cc1c(F)cccc1Cl.I. The van der Waals surface area contributed by atoms with Gasteiger partial charge >= 0.3 is 0 Å². The van der Waals surface area contributed by atoms with Crippen molar-refractivity contribution in [1.82, 2.24) is 19.8 Å². The predicted octanol–water partition coefficient (Wildman–Crippen LogP) is 3.84. The summed E-state index contributed by atoms with van der Waals surface area (Å²) in [6, 6.07) is 4.72. The number of imidazole rings is 1. The summed E-state index contributed by atoms with van der Waals surface area (Å²) < 4.78 is 16.2. The minimum atomic E-state index is -0.309. The van der Waals surface area contributed by atoms with Crippen LogP contribution >= 0.6 is 35.6 Å². The van der Waals surface area contributed by atoms with Crippen molar-refractivity contribution < 1.29 is 4.39 Å². The lowest BCUT2D eigenvalue weighted by Crippen LogP contribution is -2.38. The number of rotatable bonds is 4. The van der Waals surface area contributed by atoms with Crippen molar-refractivity contribution in [2.24, 2.45) is 4.99 Å². The molecule has 0 amide bonds. The number of aromatic nitrogens is 2. The lowest BCUT2D eigenvalue weighted by molar-refractivity contribution is 0.460. The predicted molar refractivity (Wildman–Crippen MR) is 114 cm³/mol. The van der Waals surface area contributed by atoms with E-state index < -0.39 is 0 Å². The van der Waals surface area contributed by atoms with Crippen LogP contribution < -0.4 is 5.32 Å². The Morgan fingerprint density at radius 2 is 2.23 bits per heavy atom. The van der Waals surface area contributed by atoms with Gasteiger partial charge in [0, 0.05) is 50.4 Å². The number of guanidine groups is 1. The summed E-state index contributed by atoms with van der Waals surface area (Å²) in [6.07, 6.45) is 5.56. The Bertz CT molecular complexity index is 733. The van der Waals surface area contributed by atoms with Gasteiger partial charge in [-0.2, -0.15) is 0 Å². The highest BCUT2D eigenvalue weighted by Gasteiger charge is 2.15. The van der Waals surface area contributed by atoms with Crippen LogP contribution in [0.2, 0.25) is 5.02 Å². The molecule has 0 saturated heterocycles. The zero-order chi connectivity index (χ0) is 17.8. The van der Waals surface area contributed by atoms with Crippen LogP contribution in [0.1, 0.15) is 29.9 Å². The summed E-state index contributed by atoms with van der Waals surface area (Å²) in [5, 5.41) is 3.71. The number of halogens is 3. The minimum Gasteiger partial charge on any atom is -0.351 e. The van der Waals surface area contributed by atoms with Gasteiger partial charge < -0.3 is 14.8 Å². The number of aliphatic imine (C=N–C) groups is 1. The van der Waals surface area contributed by atoms with Crippen LogP contribution in [0.3, 0.4) is 0 Å². The quantitative estimate of drug-likeness (QED) is 0.402. The smallest absolute Gasteiger partial charge is 0.194 e. The first kappa shape index (κ1) is 21.0. The molecule has 1 aromatic heterocycles. The van der Waals surface area contributed by atoms with Gasteiger partial charge in [0.2, 0.25) is 0 Å². The van der Waals surface area contributed by atoms with Crippen molar-refractivity contribution >= 4 is 41.5 Å². The molecule has 0 unspecified atom stereocenters. The van der Waals surface area contributed by atoms with Gasteiger partial charge in [-0.1, -0.05) is 17.7 Å². The first-order valence-corrected chi connectivity index (χ1v) is 8.86. The second-order valence-electron chi connectivity index (χ2n) is 6.26. The van der Waals surface area contributed by atoms with Gasteiger partial charge in [-0.3, -0.25) is 4.99 Å². The van der Waals surface area contributed by atoms with Crippen molar-refractivity contribution in [3.8, 4) is 0 Å². The van der Waals surface area contributed by atoms with Gasteiger partial charge in [-0.05, 0) is 25.0 Å². The standard InChI is InChI=1S/C18H23ClFN5.HI/c1-21-18(24(2)12-14-15(19)6-5-7-16(14)20)22-10-13-11-25-9-4-3-8-17(25)23-13;/h5-7,11H,3-4,8-10,12H2,1-2H3,(H,21,22);1H. The van der Waals surface area contributed by atoms with Crippen LogP contribution in [0.25, 0.3) is 0 Å². The molecule has 0 bridgehead atoms. The van der Waals surface area contributed by atoms with Crippen molar-refractivity contribution in [3.05, 3.63) is 52.3 Å². The topological polar surface area (TPSA) is 45.5 Å². The fraction of sp³-hybridized carbons (Fsp3) is 0.444. The van der Waals surface area contributed by atoms with E-state index in [0.717, 1.165) is 24.5 Å². The lowest BCUT2D eigenvalue weighted by atomic mass is 10.2. The molecule has 8 heteroatoms. The number of nitrogens with zero attached hydrogens (tertiary/aromatic N) is 4. The maximum atomic E-state index is 14.0. The molecule has 0 radical (unpaired) electrons. The molecular formula is C18H24ClFIN5. The first-order valence-electron chi connectivity index (χ1n) is 8.48. The number of benzene rings is 1. The van der Waals surface area contributed by atoms with Gasteiger partial charge in [0.15, 0.2) is 5.96 Å². The molecule has 2 aromatic rings. The van der Waals surface area contributed by atoms with Gasteiger partial charge in [-0.15, -0.1) is 24.0 Å². The Morgan fingerprint density at radius 3 is 2.92 bits per heavy atom. The van der Waals surface area contributed by atoms with Crippen molar-refractivity contribution in [2.45, 2.75) is 38.9 Å². The summed E-state index contributed by atoms with van der Waals surface area (Å²) in [7, 11) is 3.57. The molecule has 1 aromatic carbocycles. The zero-order valence-electron chi connectivity index (χ0n) is 15.0. The first-order chi connectivity index (χ1) is 12.1. The number of hydrogen-bond donors (Lipinski definition) is 1. The fourth-order valence-corrected chi connectivity index (χ4v) is 3.33. The lowest BCUT2D eigenvalue weighted by Gasteiger charge is -2.22. The van der Waals surface area contributed by atoms with Gasteiger partial charge in [0.05, 0.1) is 12.2 Å². The Labute approximate surface area is 175 Å². The minimum absolute atomic E-state index is 0. The van der Waals surface area contributed by atoms with E-state index in [-0.39, 0.29) is 29.8 Å². The van der Waals surface area contributed by atoms with Crippen molar-refractivity contribution in [1.29, 1.82) is 0 Å². The summed E-state index contributed by atoms with van der Waals surface area (Å²) in [5.74, 6) is 1.52. The van der Waals surface area contributed by atoms with E-state index in [0.29, 0.717) is 29.6 Å². The number of nitrogens with one attached hydrogen (secondary N) is 1. The molecule has 1 N–H and O–H groups in total. The van der Waals surface area contributed by atoms with Crippen molar-refractivity contribution in [2.75, 3.05) is 14.1 Å². The van der Waals surface area contributed by atoms with E-state index in [4.69, 9.17) is 11.6 Å². The van der Waals surface area contributed by atoms with Gasteiger partial charge in [0.25, 0.3) is 0 Å². The van der Waals surface area contributed by atoms with Crippen LogP contribution in [0.15, 0.2) is 29.4 Å². The molecule has 0 spiro atoms. The number of aryl methyl sites for hydroxylation is 2. The van der Waals surface area contributed by atoms with Crippen LogP contribution in [-0.2, 0) is 26.1 Å². The molecule has 142 valence electrons. The fourth-order valence-electron chi connectivity index (χ4n) is 3.11. The Morgan fingerprint density at radius 1 is 1.42 bits per heavy atom. The van der Waals surface area contributed by atoms with E-state index in [2.05, 4.69) is 26.1 Å². The average molecular weight is 492 g/mol. The molecule has 2 heterocycles. The highest BCUT2D eigenvalue weighted by molar-refractivity contribution is 14.0. The van der Waals surface area contributed by atoms with E-state index in [9.17, 15) is 4.39 Å². The summed E-state index contributed by atoms with van der Waals surface area (Å²) in [6.45, 7) is 1.97. The normalized spacial score (nSPS) is 13.8. The van der Waals surface area contributed by atoms with Crippen LogP contribution in [0.4, 0.5) is 4.39 Å². The largest absolute Gasteiger partial charge is 0.351 e. The van der Waals surface area contributed by atoms with E-state index in [1.54, 1.807) is 19.2 Å². The summed E-state index contributed by atoms with van der Waals surface area (Å²) >= 11 is 6.11.